The summed E-state index contributed by atoms with van der Waals surface area (Å²) in [6.45, 7) is 9.65. The van der Waals surface area contributed by atoms with Gasteiger partial charge in [0.25, 0.3) is 0 Å². The van der Waals surface area contributed by atoms with Gasteiger partial charge in [-0.2, -0.15) is 23.8 Å². The molecule has 0 bridgehead atoms. The van der Waals surface area contributed by atoms with Gasteiger partial charge in [-0.25, -0.2) is 0 Å². The molecule has 0 aromatic heterocycles. The maximum Gasteiger partial charge on any atom is 2.00 e. The third kappa shape index (κ3) is 3.46. The van der Waals surface area contributed by atoms with E-state index < -0.39 is 0 Å². The van der Waals surface area contributed by atoms with Crippen molar-refractivity contribution in [3.63, 3.8) is 0 Å². The van der Waals surface area contributed by atoms with Crippen molar-refractivity contribution in [3.05, 3.63) is 61.5 Å². The summed E-state index contributed by atoms with van der Waals surface area (Å²) in [5.74, 6) is 0. The predicted octanol–water partition coefficient (Wildman–Crippen LogP) is 4.25. The van der Waals surface area contributed by atoms with Crippen molar-refractivity contribution in [1.29, 1.82) is 0 Å². The molecule has 0 saturated carbocycles. The Kier molecular flexibility index (Phi) is 6.04. The number of fused-ring (bicyclic) bond motifs is 1. The Labute approximate surface area is 149 Å². The SMILES string of the molecule is CB1CN(c2[c-]ccc(C(C)(C)C)c2)c2ccccc21.[CH3-].[Rh+2]. The van der Waals surface area contributed by atoms with Gasteiger partial charge in [-0.1, -0.05) is 56.9 Å². The molecule has 0 aliphatic carbocycles. The molecule has 3 heteroatoms. The first-order valence-electron chi connectivity index (χ1n) is 7.35. The molecule has 3 rings (SSSR count). The van der Waals surface area contributed by atoms with E-state index in [0.29, 0.717) is 6.71 Å². The van der Waals surface area contributed by atoms with Crippen molar-refractivity contribution in [1.82, 2.24) is 0 Å². The van der Waals surface area contributed by atoms with Crippen molar-refractivity contribution in [3.8, 4) is 0 Å². The van der Waals surface area contributed by atoms with Gasteiger partial charge in [0.15, 0.2) is 6.71 Å². The van der Waals surface area contributed by atoms with Gasteiger partial charge >= 0.3 is 19.5 Å². The second-order valence-electron chi connectivity index (χ2n) is 6.78. The van der Waals surface area contributed by atoms with E-state index in [9.17, 15) is 0 Å². The molecule has 0 fully saturated rings. The van der Waals surface area contributed by atoms with Crippen LogP contribution in [-0.4, -0.2) is 13.2 Å². The number of benzene rings is 2. The van der Waals surface area contributed by atoms with Gasteiger partial charge in [0.05, 0.1) is 0 Å². The molecule has 0 spiro atoms. The van der Waals surface area contributed by atoms with Crippen molar-refractivity contribution >= 4 is 23.6 Å². The fourth-order valence-electron chi connectivity index (χ4n) is 2.92. The molecule has 22 heavy (non-hydrogen) atoms. The Hall–Kier alpha value is -1.07. The Bertz CT molecular complexity index is 633. The maximum atomic E-state index is 3.41. The van der Waals surface area contributed by atoms with Crippen LogP contribution in [0.5, 0.6) is 0 Å². The largest absolute Gasteiger partial charge is 2.00 e. The van der Waals surface area contributed by atoms with E-state index in [0.717, 1.165) is 6.44 Å². The van der Waals surface area contributed by atoms with Crippen LogP contribution < -0.4 is 10.4 Å². The molecule has 2 aromatic rings. The number of nitrogens with zero attached hydrogens (tertiary/aromatic N) is 1. The van der Waals surface area contributed by atoms with E-state index in [1.54, 1.807) is 0 Å². The van der Waals surface area contributed by atoms with Crippen LogP contribution >= 0.6 is 0 Å². The molecule has 117 valence electrons. The molecule has 0 unspecified atom stereocenters. The molecular weight excluding hydrogens is 356 g/mol. The number of hydrogen-bond acceptors (Lipinski definition) is 1. The molecular formula is C19H24BNRh. The topological polar surface area (TPSA) is 3.24 Å². The van der Waals surface area contributed by atoms with E-state index in [2.05, 4.69) is 81.0 Å². The first-order chi connectivity index (χ1) is 9.47. The summed E-state index contributed by atoms with van der Waals surface area (Å²) in [4.78, 5) is 2.40. The summed E-state index contributed by atoms with van der Waals surface area (Å²) < 4.78 is 0. The third-order valence-electron chi connectivity index (χ3n) is 4.16. The maximum absolute atomic E-state index is 3.41. The van der Waals surface area contributed by atoms with Crippen molar-refractivity contribution in [2.45, 2.75) is 33.0 Å². The van der Waals surface area contributed by atoms with Crippen LogP contribution in [0.25, 0.3) is 0 Å². The second kappa shape index (κ2) is 7.00. The molecule has 1 radical (unpaired) electrons. The quantitative estimate of drug-likeness (QED) is 0.528. The minimum Gasteiger partial charge on any atom is -0.373 e. The Morgan fingerprint density at radius 1 is 1.14 bits per heavy atom. The molecule has 0 saturated heterocycles. The minimum absolute atomic E-state index is 0. The molecule has 1 heterocycles. The van der Waals surface area contributed by atoms with Crippen LogP contribution in [-0.2, 0) is 24.9 Å². The average Bonchev–Trinajstić information content (AvgIpc) is 2.76. The van der Waals surface area contributed by atoms with Crippen LogP contribution in [0.4, 0.5) is 11.4 Å². The summed E-state index contributed by atoms with van der Waals surface area (Å²) in [7, 11) is 0. The molecule has 0 atom stereocenters. The molecule has 1 aliphatic heterocycles. The summed E-state index contributed by atoms with van der Waals surface area (Å²) in [6.07, 6.45) is 1.05. The predicted molar refractivity (Wildman–Crippen MR) is 95.1 cm³/mol. The van der Waals surface area contributed by atoms with Crippen LogP contribution in [0, 0.1) is 13.5 Å². The van der Waals surface area contributed by atoms with Gasteiger partial charge < -0.3 is 12.3 Å². The molecule has 1 aliphatic rings. The van der Waals surface area contributed by atoms with Crippen LogP contribution in [0.2, 0.25) is 6.82 Å². The number of anilines is 2. The number of para-hydroxylation sites is 1. The van der Waals surface area contributed by atoms with E-state index in [1.807, 2.05) is 0 Å². The Morgan fingerprint density at radius 2 is 1.82 bits per heavy atom. The van der Waals surface area contributed by atoms with Crippen molar-refractivity contribution < 1.29 is 19.5 Å². The fourth-order valence-corrected chi connectivity index (χ4v) is 2.92. The zero-order valence-corrected chi connectivity index (χ0v) is 15.7. The standard InChI is InChI=1S/C18H21BN.CH3.Rh/c1-18(2,3)14-8-7-9-15(12-14)20-13-19(4)16-10-5-6-11-17(16)20;;/h5-8,10-12H,13H2,1-4H3;1H3;/q2*-1;+2. The van der Waals surface area contributed by atoms with E-state index in [1.165, 1.54) is 22.4 Å². The van der Waals surface area contributed by atoms with Gasteiger partial charge in [0.1, 0.15) is 0 Å². The fraction of sp³-hybridized carbons (Fsp3) is 0.316. The number of hydrogen-bond donors (Lipinski definition) is 0. The molecule has 0 amide bonds. The summed E-state index contributed by atoms with van der Waals surface area (Å²) in [5, 5.41) is 0. The first-order valence-corrected chi connectivity index (χ1v) is 7.35. The second-order valence-corrected chi connectivity index (χ2v) is 6.78. The molecule has 1 nitrogen and oxygen atoms in total. The Morgan fingerprint density at radius 3 is 2.50 bits per heavy atom. The van der Waals surface area contributed by atoms with Gasteiger partial charge in [-0.3, -0.25) is 0 Å². The smallest absolute Gasteiger partial charge is 0.373 e. The zero-order chi connectivity index (χ0) is 14.3. The third-order valence-corrected chi connectivity index (χ3v) is 4.16. The first kappa shape index (κ1) is 19.0. The average molecular weight is 380 g/mol. The van der Waals surface area contributed by atoms with E-state index in [-0.39, 0.29) is 32.3 Å². The van der Waals surface area contributed by atoms with E-state index >= 15 is 0 Å². The van der Waals surface area contributed by atoms with E-state index in [4.69, 9.17) is 0 Å². The van der Waals surface area contributed by atoms with Crippen molar-refractivity contribution in [2.75, 3.05) is 11.3 Å². The Balaban J connectivity index is 0.00000121. The summed E-state index contributed by atoms with van der Waals surface area (Å²) >= 11 is 0. The monoisotopic (exact) mass is 380 g/mol. The van der Waals surface area contributed by atoms with Crippen LogP contribution in [0.15, 0.2) is 42.5 Å². The van der Waals surface area contributed by atoms with Crippen LogP contribution in [0.1, 0.15) is 26.3 Å². The summed E-state index contributed by atoms with van der Waals surface area (Å²) in [6, 6.07) is 18.6. The zero-order valence-electron chi connectivity index (χ0n) is 14.1. The van der Waals surface area contributed by atoms with Gasteiger partial charge in [0.2, 0.25) is 0 Å². The minimum atomic E-state index is 0. The van der Waals surface area contributed by atoms with Gasteiger partial charge in [-0.15, -0.1) is 6.07 Å². The van der Waals surface area contributed by atoms with Crippen molar-refractivity contribution in [2.24, 2.45) is 0 Å². The van der Waals surface area contributed by atoms with Gasteiger partial charge in [0, 0.05) is 12.1 Å². The molecule has 0 N–H and O–H groups in total. The number of rotatable bonds is 1. The normalized spacial score (nSPS) is 13.3. The molecule has 2 aromatic carbocycles. The van der Waals surface area contributed by atoms with Gasteiger partial charge in [-0.05, 0) is 11.5 Å². The van der Waals surface area contributed by atoms with Crippen LogP contribution in [0.3, 0.4) is 0 Å². The summed E-state index contributed by atoms with van der Waals surface area (Å²) in [5.41, 5.74) is 5.51.